The van der Waals surface area contributed by atoms with Crippen LogP contribution in [-0.2, 0) is 0 Å². The Kier molecular flexibility index (Phi) is 5.60. The maximum atomic E-state index is 13.6. The summed E-state index contributed by atoms with van der Waals surface area (Å²) in [4.78, 5) is 0. The monoisotopic (exact) mass is 271 g/mol. The molecule has 0 heterocycles. The summed E-state index contributed by atoms with van der Waals surface area (Å²) in [7, 11) is 0. The van der Waals surface area contributed by atoms with Crippen molar-refractivity contribution in [2.75, 3.05) is 6.54 Å². The van der Waals surface area contributed by atoms with E-state index in [9.17, 15) is 13.2 Å². The molecule has 1 aromatic carbocycles. The molecular weight excluding hydrogens is 251 g/mol. The van der Waals surface area contributed by atoms with E-state index in [4.69, 9.17) is 0 Å². The highest BCUT2D eigenvalue weighted by molar-refractivity contribution is 5.54. The van der Waals surface area contributed by atoms with Crippen molar-refractivity contribution in [1.82, 2.24) is 5.32 Å². The van der Waals surface area contributed by atoms with Crippen molar-refractivity contribution in [2.45, 2.75) is 33.7 Å². The Balaban J connectivity index is 3.04. The number of nitrogens with one attached hydrogen (secondary N) is 1. The van der Waals surface area contributed by atoms with E-state index in [-0.39, 0.29) is 11.5 Å². The Morgan fingerprint density at radius 2 is 1.63 bits per heavy atom. The molecule has 0 aliphatic carbocycles. The molecule has 1 rings (SSSR count). The number of hydrogen-bond acceptors (Lipinski definition) is 1. The molecule has 0 fully saturated rings. The van der Waals surface area contributed by atoms with Crippen molar-refractivity contribution in [2.24, 2.45) is 5.92 Å². The van der Waals surface area contributed by atoms with E-state index in [0.717, 1.165) is 11.6 Å². The van der Waals surface area contributed by atoms with Gasteiger partial charge in [0.1, 0.15) is 5.82 Å². The van der Waals surface area contributed by atoms with E-state index in [1.165, 1.54) is 0 Å². The van der Waals surface area contributed by atoms with Crippen molar-refractivity contribution in [3.63, 3.8) is 0 Å². The van der Waals surface area contributed by atoms with Crippen LogP contribution in [0.1, 0.15) is 33.3 Å². The molecule has 19 heavy (non-hydrogen) atoms. The molecule has 0 radical (unpaired) electrons. The number of halogens is 3. The second kappa shape index (κ2) is 6.75. The molecule has 0 aliphatic rings. The summed E-state index contributed by atoms with van der Waals surface area (Å²) in [5.74, 6) is -2.76. The molecule has 0 aromatic heterocycles. The van der Waals surface area contributed by atoms with Crippen LogP contribution in [0.4, 0.5) is 13.2 Å². The smallest absolute Gasteiger partial charge is 0.161 e. The summed E-state index contributed by atoms with van der Waals surface area (Å²) < 4.78 is 39.6. The third-order valence-corrected chi connectivity index (χ3v) is 2.84. The summed E-state index contributed by atoms with van der Waals surface area (Å²) >= 11 is 0. The standard InChI is InChI=1S/C15H20F3N/c1-9(2)12(8-19-10(3)4)5-11-6-14(17)15(18)7-13(11)16/h5-7,9-10,19H,8H2,1-4H3/b12-5-. The lowest BCUT2D eigenvalue weighted by Crippen LogP contribution is -2.26. The van der Waals surface area contributed by atoms with Gasteiger partial charge in [-0.3, -0.25) is 0 Å². The average molecular weight is 271 g/mol. The summed E-state index contributed by atoms with van der Waals surface area (Å²) in [6.45, 7) is 8.57. The molecule has 0 spiro atoms. The lowest BCUT2D eigenvalue weighted by molar-refractivity contribution is 0.494. The van der Waals surface area contributed by atoms with Crippen LogP contribution < -0.4 is 5.32 Å². The van der Waals surface area contributed by atoms with Crippen molar-refractivity contribution in [1.29, 1.82) is 0 Å². The van der Waals surface area contributed by atoms with Gasteiger partial charge < -0.3 is 5.32 Å². The van der Waals surface area contributed by atoms with Crippen LogP contribution in [0.25, 0.3) is 6.08 Å². The van der Waals surface area contributed by atoms with Gasteiger partial charge in [0.05, 0.1) is 0 Å². The zero-order valence-electron chi connectivity index (χ0n) is 11.7. The highest BCUT2D eigenvalue weighted by atomic mass is 19.2. The first kappa shape index (κ1) is 15.8. The molecule has 0 amide bonds. The third kappa shape index (κ3) is 4.71. The number of benzene rings is 1. The maximum absolute atomic E-state index is 13.6. The zero-order valence-corrected chi connectivity index (χ0v) is 11.7. The van der Waals surface area contributed by atoms with Gasteiger partial charge in [-0.25, -0.2) is 13.2 Å². The summed E-state index contributed by atoms with van der Waals surface area (Å²) in [6, 6.07) is 1.77. The minimum absolute atomic E-state index is 0.0770. The third-order valence-electron chi connectivity index (χ3n) is 2.84. The molecule has 4 heteroatoms. The fraction of sp³-hybridized carbons (Fsp3) is 0.467. The molecule has 1 N–H and O–H groups in total. The van der Waals surface area contributed by atoms with Crippen molar-refractivity contribution < 1.29 is 13.2 Å². The van der Waals surface area contributed by atoms with Gasteiger partial charge in [-0.1, -0.05) is 39.3 Å². The van der Waals surface area contributed by atoms with Gasteiger partial charge in [0.15, 0.2) is 11.6 Å². The Morgan fingerprint density at radius 1 is 1.05 bits per heavy atom. The highest BCUT2D eigenvalue weighted by Crippen LogP contribution is 2.19. The van der Waals surface area contributed by atoms with Crippen molar-refractivity contribution >= 4 is 6.08 Å². The quantitative estimate of drug-likeness (QED) is 0.794. The van der Waals surface area contributed by atoms with Crippen LogP contribution in [0.15, 0.2) is 17.7 Å². The molecule has 0 bridgehead atoms. The van der Waals surface area contributed by atoms with Gasteiger partial charge in [0.25, 0.3) is 0 Å². The van der Waals surface area contributed by atoms with Crippen LogP contribution in [0.2, 0.25) is 0 Å². The van der Waals surface area contributed by atoms with E-state index in [0.29, 0.717) is 18.7 Å². The van der Waals surface area contributed by atoms with Crippen LogP contribution in [0, 0.1) is 23.4 Å². The van der Waals surface area contributed by atoms with E-state index >= 15 is 0 Å². The molecule has 106 valence electrons. The predicted octanol–water partition coefficient (Wildman–Crippen LogP) is 4.14. The Labute approximate surface area is 112 Å². The largest absolute Gasteiger partial charge is 0.311 e. The molecule has 0 atom stereocenters. The number of rotatable bonds is 5. The summed E-state index contributed by atoms with van der Waals surface area (Å²) in [5, 5.41) is 3.23. The second-order valence-electron chi connectivity index (χ2n) is 5.20. The number of hydrogen-bond donors (Lipinski definition) is 1. The van der Waals surface area contributed by atoms with Gasteiger partial charge in [0.2, 0.25) is 0 Å². The van der Waals surface area contributed by atoms with Crippen LogP contribution in [0.5, 0.6) is 0 Å². The lowest BCUT2D eigenvalue weighted by Gasteiger charge is -2.15. The summed E-state index contributed by atoms with van der Waals surface area (Å²) in [5.41, 5.74) is 1.02. The fourth-order valence-corrected chi connectivity index (χ4v) is 1.59. The van der Waals surface area contributed by atoms with Crippen LogP contribution in [-0.4, -0.2) is 12.6 Å². The van der Waals surface area contributed by atoms with E-state index in [1.54, 1.807) is 6.08 Å². The molecule has 0 saturated heterocycles. The van der Waals surface area contributed by atoms with Gasteiger partial charge in [0, 0.05) is 24.2 Å². The van der Waals surface area contributed by atoms with Gasteiger partial charge in [-0.05, 0) is 12.0 Å². The molecule has 0 aliphatic heterocycles. The second-order valence-corrected chi connectivity index (χ2v) is 5.20. The maximum Gasteiger partial charge on any atom is 0.161 e. The lowest BCUT2D eigenvalue weighted by atomic mass is 9.99. The Hall–Kier alpha value is -1.29. The first-order chi connectivity index (χ1) is 8.81. The fourth-order valence-electron chi connectivity index (χ4n) is 1.59. The first-order valence-corrected chi connectivity index (χ1v) is 6.39. The first-order valence-electron chi connectivity index (χ1n) is 6.39. The zero-order chi connectivity index (χ0) is 14.6. The SMILES string of the molecule is CC(C)NC/C(=C/c1cc(F)c(F)cc1F)C(C)C. The molecule has 0 unspecified atom stereocenters. The van der Waals surface area contributed by atoms with Gasteiger partial charge in [-0.2, -0.15) is 0 Å². The Morgan fingerprint density at radius 3 is 2.16 bits per heavy atom. The van der Waals surface area contributed by atoms with Crippen LogP contribution >= 0.6 is 0 Å². The van der Waals surface area contributed by atoms with Crippen molar-refractivity contribution in [3.05, 3.63) is 40.7 Å². The molecular formula is C15H20F3N. The predicted molar refractivity (Wildman–Crippen MR) is 72.3 cm³/mol. The van der Waals surface area contributed by atoms with Gasteiger partial charge >= 0.3 is 0 Å². The van der Waals surface area contributed by atoms with E-state index < -0.39 is 17.5 Å². The highest BCUT2D eigenvalue weighted by Gasteiger charge is 2.11. The van der Waals surface area contributed by atoms with E-state index in [1.807, 2.05) is 27.7 Å². The molecule has 0 saturated carbocycles. The minimum atomic E-state index is -1.17. The van der Waals surface area contributed by atoms with Crippen molar-refractivity contribution in [3.8, 4) is 0 Å². The topological polar surface area (TPSA) is 12.0 Å². The van der Waals surface area contributed by atoms with Crippen LogP contribution in [0.3, 0.4) is 0 Å². The van der Waals surface area contributed by atoms with Gasteiger partial charge in [-0.15, -0.1) is 0 Å². The summed E-state index contributed by atoms with van der Waals surface area (Å²) in [6.07, 6.45) is 1.58. The minimum Gasteiger partial charge on any atom is -0.311 e. The van der Waals surface area contributed by atoms with E-state index in [2.05, 4.69) is 5.32 Å². The average Bonchev–Trinajstić information content (AvgIpc) is 2.30. The molecule has 1 aromatic rings. The normalized spacial score (nSPS) is 12.6. The Bertz CT molecular complexity index is 465. The molecule has 1 nitrogen and oxygen atoms in total.